The van der Waals surface area contributed by atoms with Crippen molar-refractivity contribution in [1.29, 1.82) is 0 Å². The molecule has 1 aliphatic heterocycles. The number of amides is 2. The molecule has 2 amide bonds. The van der Waals surface area contributed by atoms with Gasteiger partial charge in [-0.1, -0.05) is 30.3 Å². The van der Waals surface area contributed by atoms with Crippen molar-refractivity contribution in [3.05, 3.63) is 70.8 Å². The summed E-state index contributed by atoms with van der Waals surface area (Å²) in [6.07, 6.45) is -9.05. The summed E-state index contributed by atoms with van der Waals surface area (Å²) in [6, 6.07) is 8.97. The van der Waals surface area contributed by atoms with Gasteiger partial charge in [-0.15, -0.1) is 0 Å². The summed E-state index contributed by atoms with van der Waals surface area (Å²) in [4.78, 5) is 16.3. The number of piperidine rings is 1. The Morgan fingerprint density at radius 3 is 2.15 bits per heavy atom. The van der Waals surface area contributed by atoms with E-state index in [0.717, 1.165) is 12.0 Å². The first kappa shape index (κ1) is 24.4. The van der Waals surface area contributed by atoms with Crippen LogP contribution in [0.25, 0.3) is 0 Å². The molecule has 4 nitrogen and oxygen atoms in total. The highest BCUT2D eigenvalue weighted by Gasteiger charge is 2.66. The van der Waals surface area contributed by atoms with E-state index in [-0.39, 0.29) is 29.0 Å². The molecule has 34 heavy (non-hydrogen) atoms. The molecule has 184 valence electrons. The van der Waals surface area contributed by atoms with E-state index in [1.165, 1.54) is 18.9 Å². The molecule has 1 heterocycles. The van der Waals surface area contributed by atoms with Crippen LogP contribution in [0.2, 0.25) is 0 Å². The largest absolute Gasteiger partial charge is 0.416 e. The van der Waals surface area contributed by atoms with E-state index in [0.29, 0.717) is 25.2 Å². The Bertz CT molecular complexity index is 1030. The lowest BCUT2D eigenvalue weighted by molar-refractivity contribution is -0.143. The molecule has 0 radical (unpaired) electrons. The van der Waals surface area contributed by atoms with Crippen LogP contribution in [-0.2, 0) is 12.4 Å². The first-order valence-electron chi connectivity index (χ1n) is 10.9. The maximum Gasteiger partial charge on any atom is 0.416 e. The van der Waals surface area contributed by atoms with E-state index in [1.807, 2.05) is 30.3 Å². The lowest BCUT2D eigenvalue weighted by Gasteiger charge is -2.37. The van der Waals surface area contributed by atoms with E-state index in [9.17, 15) is 31.1 Å². The van der Waals surface area contributed by atoms with Gasteiger partial charge in [0, 0.05) is 25.6 Å². The molecular formula is C24H25F6N3O. The number of rotatable bonds is 4. The standard InChI is InChI=1S/C24H25F6N3O/c1-14(16-8-17(23(25,26)27)10-18(9-16)24(28,29)30)32(2)21(34)33-12-19-11-22(19,13-31)20(33)15-6-4-3-5-7-15/h3-10,14,19-20H,11-13,31H2,1-2H3. The number of carbonyl (C=O) groups is 1. The number of fused-ring (bicyclic) bond motifs is 1. The molecule has 4 rings (SSSR count). The number of alkyl halides is 6. The van der Waals surface area contributed by atoms with Gasteiger partial charge in [-0.25, -0.2) is 4.79 Å². The highest BCUT2D eigenvalue weighted by Crippen LogP contribution is 2.66. The van der Waals surface area contributed by atoms with Gasteiger partial charge >= 0.3 is 18.4 Å². The fourth-order valence-electron chi connectivity index (χ4n) is 5.14. The summed E-state index contributed by atoms with van der Waals surface area (Å²) in [5.41, 5.74) is 3.66. The van der Waals surface area contributed by atoms with Crippen LogP contribution in [0.15, 0.2) is 48.5 Å². The average Bonchev–Trinajstić information content (AvgIpc) is 3.40. The van der Waals surface area contributed by atoms with Gasteiger partial charge < -0.3 is 15.5 Å². The van der Waals surface area contributed by atoms with Crippen molar-refractivity contribution in [1.82, 2.24) is 9.80 Å². The average molecular weight is 485 g/mol. The third-order valence-corrected chi connectivity index (χ3v) is 7.27. The minimum atomic E-state index is -4.96. The molecule has 2 N–H and O–H groups in total. The van der Waals surface area contributed by atoms with Crippen molar-refractivity contribution in [2.24, 2.45) is 17.1 Å². The molecule has 0 spiro atoms. The third-order valence-electron chi connectivity index (χ3n) is 7.27. The van der Waals surface area contributed by atoms with Gasteiger partial charge in [0.1, 0.15) is 0 Å². The smallest absolute Gasteiger partial charge is 0.330 e. The molecule has 2 aliphatic rings. The number of urea groups is 1. The van der Waals surface area contributed by atoms with E-state index in [1.54, 1.807) is 4.90 Å². The van der Waals surface area contributed by atoms with Crippen LogP contribution >= 0.6 is 0 Å². The van der Waals surface area contributed by atoms with Gasteiger partial charge in [0.05, 0.1) is 23.2 Å². The van der Waals surface area contributed by atoms with E-state index < -0.39 is 35.6 Å². The quantitative estimate of drug-likeness (QED) is 0.552. The van der Waals surface area contributed by atoms with Gasteiger partial charge in [-0.3, -0.25) is 0 Å². The molecule has 1 saturated heterocycles. The molecule has 4 unspecified atom stereocenters. The van der Waals surface area contributed by atoms with E-state index >= 15 is 0 Å². The zero-order chi connectivity index (χ0) is 25.1. The van der Waals surface area contributed by atoms with Gasteiger partial charge in [0.15, 0.2) is 0 Å². The molecular weight excluding hydrogens is 460 g/mol. The van der Waals surface area contributed by atoms with Crippen LogP contribution in [-0.4, -0.2) is 36.0 Å². The van der Waals surface area contributed by atoms with Gasteiger partial charge in [-0.05, 0) is 48.6 Å². The second kappa shape index (κ2) is 8.18. The van der Waals surface area contributed by atoms with Crippen LogP contribution in [0.1, 0.15) is 47.7 Å². The summed E-state index contributed by atoms with van der Waals surface area (Å²) < 4.78 is 79.8. The monoisotopic (exact) mass is 485 g/mol. The highest BCUT2D eigenvalue weighted by atomic mass is 19.4. The SMILES string of the molecule is CC(c1cc(C(F)(F)F)cc(C(F)(F)F)c1)N(C)C(=O)N1CC2CC2(CN)C1c1ccccc1. The number of halogens is 6. The van der Waals surface area contributed by atoms with Crippen LogP contribution in [0.3, 0.4) is 0 Å². The maximum atomic E-state index is 13.5. The molecule has 0 bridgehead atoms. The minimum absolute atomic E-state index is 0.0858. The molecule has 2 aromatic rings. The Morgan fingerprint density at radius 2 is 1.65 bits per heavy atom. The lowest BCUT2D eigenvalue weighted by atomic mass is 9.90. The van der Waals surface area contributed by atoms with Crippen LogP contribution < -0.4 is 5.73 Å². The number of likely N-dealkylation sites (tertiary alicyclic amines) is 1. The minimum Gasteiger partial charge on any atom is -0.330 e. The Morgan fingerprint density at radius 1 is 1.09 bits per heavy atom. The summed E-state index contributed by atoms with van der Waals surface area (Å²) in [6.45, 7) is 2.23. The number of nitrogens with zero attached hydrogens (tertiary/aromatic N) is 2. The first-order chi connectivity index (χ1) is 15.8. The Hall–Kier alpha value is -2.75. The Labute approximate surface area is 193 Å². The maximum absolute atomic E-state index is 13.5. The summed E-state index contributed by atoms with van der Waals surface area (Å²) in [5, 5.41) is 0. The summed E-state index contributed by atoms with van der Waals surface area (Å²) in [5.74, 6) is 0.209. The second-order valence-corrected chi connectivity index (χ2v) is 9.21. The highest BCUT2D eigenvalue weighted by molar-refractivity contribution is 5.76. The molecule has 0 aromatic heterocycles. The van der Waals surface area contributed by atoms with Gasteiger partial charge in [0.2, 0.25) is 0 Å². The number of hydrogen-bond acceptors (Lipinski definition) is 2. The van der Waals surface area contributed by atoms with Gasteiger partial charge in [0.25, 0.3) is 0 Å². The second-order valence-electron chi connectivity index (χ2n) is 9.21. The topological polar surface area (TPSA) is 49.6 Å². The summed E-state index contributed by atoms with van der Waals surface area (Å²) >= 11 is 0. The Kier molecular flexibility index (Phi) is 5.86. The van der Waals surface area contributed by atoms with E-state index in [2.05, 4.69) is 0 Å². The summed E-state index contributed by atoms with van der Waals surface area (Å²) in [7, 11) is 1.39. The lowest BCUT2D eigenvalue weighted by Crippen LogP contribution is -2.45. The number of nitrogens with two attached hydrogens (primary N) is 1. The van der Waals surface area contributed by atoms with Crippen molar-refractivity contribution < 1.29 is 31.1 Å². The Balaban J connectivity index is 1.66. The van der Waals surface area contributed by atoms with E-state index in [4.69, 9.17) is 5.73 Å². The number of benzene rings is 2. The zero-order valence-electron chi connectivity index (χ0n) is 18.6. The van der Waals surface area contributed by atoms with Crippen molar-refractivity contribution in [3.63, 3.8) is 0 Å². The molecule has 1 saturated carbocycles. The predicted octanol–water partition coefficient (Wildman–Crippen LogP) is 5.86. The fraction of sp³-hybridized carbons (Fsp3) is 0.458. The van der Waals surface area contributed by atoms with Crippen molar-refractivity contribution in [2.75, 3.05) is 20.1 Å². The predicted molar refractivity (Wildman–Crippen MR) is 114 cm³/mol. The molecule has 2 fully saturated rings. The molecule has 4 atom stereocenters. The van der Waals surface area contributed by atoms with Gasteiger partial charge in [-0.2, -0.15) is 26.3 Å². The third kappa shape index (κ3) is 4.12. The van der Waals surface area contributed by atoms with Crippen molar-refractivity contribution in [2.45, 2.75) is 37.8 Å². The van der Waals surface area contributed by atoms with Crippen LogP contribution in [0, 0.1) is 11.3 Å². The molecule has 2 aromatic carbocycles. The fourth-order valence-corrected chi connectivity index (χ4v) is 5.14. The normalized spacial score (nSPS) is 25.1. The number of carbonyl (C=O) groups excluding carboxylic acids is 1. The van der Waals surface area contributed by atoms with Crippen molar-refractivity contribution in [3.8, 4) is 0 Å². The number of hydrogen-bond donors (Lipinski definition) is 1. The van der Waals surface area contributed by atoms with Crippen LogP contribution in [0.4, 0.5) is 31.1 Å². The van der Waals surface area contributed by atoms with Crippen molar-refractivity contribution >= 4 is 6.03 Å². The van der Waals surface area contributed by atoms with Crippen LogP contribution in [0.5, 0.6) is 0 Å². The first-order valence-corrected chi connectivity index (χ1v) is 10.9. The molecule has 1 aliphatic carbocycles. The molecule has 10 heteroatoms. The zero-order valence-corrected chi connectivity index (χ0v) is 18.6.